The molecule has 15 heavy (non-hydrogen) atoms. The summed E-state index contributed by atoms with van der Waals surface area (Å²) in [6.45, 7) is 6.93. The lowest BCUT2D eigenvalue weighted by Crippen LogP contribution is -2.11. The maximum absolute atomic E-state index is 2.33. The van der Waals surface area contributed by atoms with Gasteiger partial charge in [-0.25, -0.2) is 0 Å². The van der Waals surface area contributed by atoms with E-state index >= 15 is 0 Å². The zero-order valence-electron chi connectivity index (χ0n) is 10.4. The van der Waals surface area contributed by atoms with Crippen molar-refractivity contribution in [2.45, 2.75) is 52.4 Å². The zero-order chi connectivity index (χ0) is 11.1. The van der Waals surface area contributed by atoms with Crippen LogP contribution in [0, 0.1) is 5.92 Å². The van der Waals surface area contributed by atoms with Crippen molar-refractivity contribution in [2.24, 2.45) is 5.92 Å². The van der Waals surface area contributed by atoms with Crippen LogP contribution in [0.25, 0.3) is 0 Å². The summed E-state index contributed by atoms with van der Waals surface area (Å²) in [5.41, 5.74) is 1.53. The van der Waals surface area contributed by atoms with Crippen LogP contribution in [0.2, 0.25) is 0 Å². The highest BCUT2D eigenvalue weighted by atomic mass is 14.2. The van der Waals surface area contributed by atoms with Gasteiger partial charge in [0, 0.05) is 0 Å². The molecule has 2 atom stereocenters. The highest BCUT2D eigenvalue weighted by Gasteiger charge is 2.18. The molecular formula is C15H24. The fourth-order valence-electron chi connectivity index (χ4n) is 2.60. The Morgan fingerprint density at radius 1 is 0.933 bits per heavy atom. The van der Waals surface area contributed by atoms with Gasteiger partial charge in [0.1, 0.15) is 0 Å². The van der Waals surface area contributed by atoms with E-state index in [0.717, 1.165) is 11.8 Å². The van der Waals surface area contributed by atoms with Crippen LogP contribution in [0.4, 0.5) is 0 Å². The Morgan fingerprint density at radius 3 is 2.07 bits per heavy atom. The van der Waals surface area contributed by atoms with Crippen molar-refractivity contribution in [1.82, 2.24) is 0 Å². The predicted molar refractivity (Wildman–Crippen MR) is 68.2 cm³/mol. The number of rotatable bonds is 6. The number of hydrogen-bond acceptors (Lipinski definition) is 0. The van der Waals surface area contributed by atoms with Gasteiger partial charge in [0.25, 0.3) is 0 Å². The maximum atomic E-state index is 2.33. The molecule has 0 saturated carbocycles. The first-order valence-corrected chi connectivity index (χ1v) is 6.38. The topological polar surface area (TPSA) is 0 Å². The van der Waals surface area contributed by atoms with Gasteiger partial charge in [0.15, 0.2) is 0 Å². The van der Waals surface area contributed by atoms with Crippen molar-refractivity contribution in [2.75, 3.05) is 0 Å². The van der Waals surface area contributed by atoms with Crippen LogP contribution in [-0.4, -0.2) is 0 Å². The highest BCUT2D eigenvalue weighted by molar-refractivity contribution is 5.20. The number of benzene rings is 1. The van der Waals surface area contributed by atoms with Crippen molar-refractivity contribution in [3.8, 4) is 0 Å². The molecule has 1 aromatic carbocycles. The van der Waals surface area contributed by atoms with Crippen molar-refractivity contribution < 1.29 is 0 Å². The quantitative estimate of drug-likeness (QED) is 0.611. The molecule has 0 nitrogen and oxygen atoms in total. The average molecular weight is 204 g/mol. The van der Waals surface area contributed by atoms with Crippen LogP contribution < -0.4 is 0 Å². The fourth-order valence-corrected chi connectivity index (χ4v) is 2.60. The minimum Gasteiger partial charge on any atom is -0.0654 e. The third-order valence-corrected chi connectivity index (χ3v) is 3.42. The first-order valence-electron chi connectivity index (χ1n) is 6.38. The SMILES string of the molecule is CCCC(CC)C(CC)c1ccccc1. The van der Waals surface area contributed by atoms with Crippen molar-refractivity contribution in [1.29, 1.82) is 0 Å². The Labute approximate surface area is 94.7 Å². The Morgan fingerprint density at radius 2 is 1.60 bits per heavy atom. The zero-order valence-corrected chi connectivity index (χ0v) is 10.4. The fraction of sp³-hybridized carbons (Fsp3) is 0.600. The van der Waals surface area contributed by atoms with Crippen LogP contribution >= 0.6 is 0 Å². The Hall–Kier alpha value is -0.780. The maximum Gasteiger partial charge on any atom is -0.0136 e. The van der Waals surface area contributed by atoms with Gasteiger partial charge in [0.2, 0.25) is 0 Å². The first kappa shape index (κ1) is 12.3. The molecule has 0 aliphatic rings. The highest BCUT2D eigenvalue weighted by Crippen LogP contribution is 2.33. The van der Waals surface area contributed by atoms with E-state index in [1.165, 1.54) is 31.2 Å². The van der Waals surface area contributed by atoms with Gasteiger partial charge >= 0.3 is 0 Å². The summed E-state index contributed by atoms with van der Waals surface area (Å²) in [5.74, 6) is 1.62. The van der Waals surface area contributed by atoms with Crippen molar-refractivity contribution in [3.05, 3.63) is 35.9 Å². The van der Waals surface area contributed by atoms with Gasteiger partial charge in [-0.1, -0.05) is 70.4 Å². The van der Waals surface area contributed by atoms with Crippen molar-refractivity contribution in [3.63, 3.8) is 0 Å². The molecule has 0 heterocycles. The molecule has 0 bridgehead atoms. The smallest absolute Gasteiger partial charge is 0.0136 e. The summed E-state index contributed by atoms with van der Waals surface area (Å²) in [4.78, 5) is 0. The summed E-state index contributed by atoms with van der Waals surface area (Å²) >= 11 is 0. The summed E-state index contributed by atoms with van der Waals surface area (Å²) in [7, 11) is 0. The third-order valence-electron chi connectivity index (χ3n) is 3.42. The molecule has 2 unspecified atom stereocenters. The van der Waals surface area contributed by atoms with Crippen LogP contribution in [0.3, 0.4) is 0 Å². The van der Waals surface area contributed by atoms with Gasteiger partial charge < -0.3 is 0 Å². The summed E-state index contributed by atoms with van der Waals surface area (Å²) in [5, 5.41) is 0. The van der Waals surface area contributed by atoms with E-state index in [9.17, 15) is 0 Å². The van der Waals surface area contributed by atoms with E-state index in [1.54, 1.807) is 0 Å². The number of hydrogen-bond donors (Lipinski definition) is 0. The van der Waals surface area contributed by atoms with E-state index in [-0.39, 0.29) is 0 Å². The second-order valence-corrected chi connectivity index (χ2v) is 4.38. The Bertz CT molecular complexity index is 250. The normalized spacial score (nSPS) is 14.9. The molecule has 0 saturated heterocycles. The molecule has 0 heteroatoms. The van der Waals surface area contributed by atoms with Crippen LogP contribution in [0.15, 0.2) is 30.3 Å². The molecule has 0 radical (unpaired) electrons. The summed E-state index contributed by atoms with van der Waals surface area (Å²) in [6, 6.07) is 11.0. The van der Waals surface area contributed by atoms with E-state index in [2.05, 4.69) is 51.1 Å². The lowest BCUT2D eigenvalue weighted by atomic mass is 9.80. The molecule has 0 spiro atoms. The Kier molecular flexibility index (Phi) is 5.45. The summed E-state index contributed by atoms with van der Waals surface area (Å²) < 4.78 is 0. The van der Waals surface area contributed by atoms with Gasteiger partial charge in [-0.05, 0) is 23.8 Å². The van der Waals surface area contributed by atoms with E-state index in [4.69, 9.17) is 0 Å². The predicted octanol–water partition coefficient (Wildman–Crippen LogP) is 5.01. The molecule has 0 amide bonds. The van der Waals surface area contributed by atoms with Crippen LogP contribution in [0.5, 0.6) is 0 Å². The molecule has 84 valence electrons. The minimum absolute atomic E-state index is 0.760. The van der Waals surface area contributed by atoms with Crippen LogP contribution in [0.1, 0.15) is 57.9 Å². The summed E-state index contributed by atoms with van der Waals surface area (Å²) in [6.07, 6.45) is 5.25. The van der Waals surface area contributed by atoms with Crippen molar-refractivity contribution >= 4 is 0 Å². The van der Waals surface area contributed by atoms with E-state index < -0.39 is 0 Å². The molecule has 0 N–H and O–H groups in total. The van der Waals surface area contributed by atoms with Gasteiger partial charge in [-0.3, -0.25) is 0 Å². The second kappa shape index (κ2) is 6.66. The van der Waals surface area contributed by atoms with E-state index in [1.807, 2.05) is 0 Å². The van der Waals surface area contributed by atoms with Crippen LogP contribution in [-0.2, 0) is 0 Å². The van der Waals surface area contributed by atoms with Gasteiger partial charge in [-0.2, -0.15) is 0 Å². The second-order valence-electron chi connectivity index (χ2n) is 4.38. The molecule has 0 aliphatic heterocycles. The molecule has 1 rings (SSSR count). The monoisotopic (exact) mass is 204 g/mol. The lowest BCUT2D eigenvalue weighted by molar-refractivity contribution is 0.371. The molecule has 0 aliphatic carbocycles. The standard InChI is InChI=1S/C15H24/c1-4-10-13(5-2)15(6-3)14-11-8-7-9-12-14/h7-9,11-13,15H,4-6,10H2,1-3H3. The third kappa shape index (κ3) is 3.37. The molecule has 0 aromatic heterocycles. The molecular weight excluding hydrogens is 180 g/mol. The minimum atomic E-state index is 0.760. The molecule has 1 aromatic rings. The average Bonchev–Trinajstić information content (AvgIpc) is 2.30. The van der Waals surface area contributed by atoms with Gasteiger partial charge in [-0.15, -0.1) is 0 Å². The van der Waals surface area contributed by atoms with Gasteiger partial charge in [0.05, 0.1) is 0 Å². The Balaban J connectivity index is 2.77. The largest absolute Gasteiger partial charge is 0.0654 e. The van der Waals surface area contributed by atoms with E-state index in [0.29, 0.717) is 0 Å². The lowest BCUT2D eigenvalue weighted by Gasteiger charge is -2.25. The first-order chi connectivity index (χ1) is 7.33. The molecule has 0 fully saturated rings.